The fraction of sp³-hybridized carbons (Fsp3) is 0. The quantitative estimate of drug-likeness (QED) is 0.422. The van der Waals surface area contributed by atoms with E-state index in [0.29, 0.717) is 0 Å². The molecule has 4 heavy (non-hydrogen) atoms. The Hall–Kier alpha value is 1.78. The molecule has 0 aromatic rings. The van der Waals surface area contributed by atoms with E-state index >= 15 is 0 Å². The second-order valence-corrected chi connectivity index (χ2v) is 0. The van der Waals surface area contributed by atoms with Gasteiger partial charge in [-0.3, -0.25) is 0 Å². The molecule has 4 heteroatoms. The third kappa shape index (κ3) is 9.22. The van der Waals surface area contributed by atoms with Gasteiger partial charge in [-0.15, -0.1) is 0 Å². The fourth-order valence-corrected chi connectivity index (χ4v) is 0. The van der Waals surface area contributed by atoms with Gasteiger partial charge in [0.2, 0.25) is 0 Å². The molecule has 25 valence electrons. The summed E-state index contributed by atoms with van der Waals surface area (Å²) >= 11 is 0. The summed E-state index contributed by atoms with van der Waals surface area (Å²) in [5, 5.41) is 0. The van der Waals surface area contributed by atoms with E-state index < -0.39 is 0 Å². The van der Waals surface area contributed by atoms with Crippen LogP contribution in [0.25, 0.3) is 0 Å². The molecule has 0 saturated heterocycles. The number of hydrogen-bond donors (Lipinski definition) is 0. The van der Waals surface area contributed by atoms with E-state index in [0.717, 1.165) is 0 Å². The molecule has 0 heterocycles. The van der Waals surface area contributed by atoms with Gasteiger partial charge in [0, 0.05) is 34.4 Å². The van der Waals surface area contributed by atoms with E-state index in [2.05, 4.69) is 0 Å². The maximum atomic E-state index is 0. The van der Waals surface area contributed by atoms with E-state index in [1.807, 2.05) is 0 Å². The summed E-state index contributed by atoms with van der Waals surface area (Å²) in [6.45, 7) is 0. The third-order valence-corrected chi connectivity index (χ3v) is 0. The molecular formula is CrCuMgO. The molecule has 0 unspecified atom stereocenters. The van der Waals surface area contributed by atoms with Crippen molar-refractivity contribution in [2.24, 2.45) is 0 Å². The van der Waals surface area contributed by atoms with Gasteiger partial charge < -0.3 is 5.48 Å². The Morgan fingerprint density at radius 1 is 1.00 bits per heavy atom. The molecule has 0 amide bonds. The zero-order valence-corrected chi connectivity index (χ0v) is 5.46. The maximum absolute atomic E-state index is 0. The van der Waals surface area contributed by atoms with Crippen LogP contribution in [0.2, 0.25) is 0 Å². The van der Waals surface area contributed by atoms with E-state index in [9.17, 15) is 0 Å². The largest absolute Gasteiger partial charge is 2.00 e. The van der Waals surface area contributed by atoms with Gasteiger partial charge in [-0.05, 0) is 0 Å². The fourth-order valence-electron chi connectivity index (χ4n) is 0. The minimum Gasteiger partial charge on any atom is -2.00 e. The second-order valence-electron chi connectivity index (χ2n) is 0. The molecule has 0 aliphatic carbocycles. The molecule has 0 saturated carbocycles. The van der Waals surface area contributed by atoms with Crippen LogP contribution in [0.4, 0.5) is 0 Å². The minimum absolute atomic E-state index is 0. The SMILES string of the molecule is [Cr].[Cu].[Mg+2].[O-2]. The standard InChI is InChI=1S/Cr.Cu.Mg.O/q;;+2;-2. The van der Waals surface area contributed by atoms with Crippen molar-refractivity contribution in [2.45, 2.75) is 0 Å². The second kappa shape index (κ2) is 21.6. The van der Waals surface area contributed by atoms with Crippen LogP contribution in [-0.2, 0) is 39.9 Å². The Bertz CT molecular complexity index is 8.00. The Morgan fingerprint density at radius 2 is 1.00 bits per heavy atom. The summed E-state index contributed by atoms with van der Waals surface area (Å²) in [6.07, 6.45) is 0. The van der Waals surface area contributed by atoms with Crippen molar-refractivity contribution in [3.8, 4) is 0 Å². The summed E-state index contributed by atoms with van der Waals surface area (Å²) in [7, 11) is 0. The zero-order chi connectivity index (χ0) is 0. The average molecular weight is 156 g/mol. The van der Waals surface area contributed by atoms with Gasteiger partial charge >= 0.3 is 23.1 Å². The van der Waals surface area contributed by atoms with Crippen LogP contribution in [0.5, 0.6) is 0 Å². The molecule has 0 rings (SSSR count). The molecule has 0 aliphatic heterocycles. The Balaban J connectivity index is 0. The van der Waals surface area contributed by atoms with Crippen LogP contribution in [0.3, 0.4) is 0 Å². The summed E-state index contributed by atoms with van der Waals surface area (Å²) in [5.74, 6) is 0. The normalized spacial score (nSPS) is 0. The monoisotopic (exact) mass is 155 g/mol. The maximum Gasteiger partial charge on any atom is 2.00 e. The first-order chi connectivity index (χ1) is 0. The predicted octanol–water partition coefficient (Wildman–Crippen LogP) is -0.505. The van der Waals surface area contributed by atoms with Gasteiger partial charge in [0.15, 0.2) is 0 Å². The van der Waals surface area contributed by atoms with Gasteiger partial charge in [-0.25, -0.2) is 0 Å². The summed E-state index contributed by atoms with van der Waals surface area (Å²) < 4.78 is 0. The van der Waals surface area contributed by atoms with Crippen molar-refractivity contribution < 1.29 is 39.9 Å². The Morgan fingerprint density at radius 3 is 1.00 bits per heavy atom. The molecular weight excluding hydrogens is 156 g/mol. The predicted molar refractivity (Wildman–Crippen MR) is 6.44 cm³/mol. The molecule has 0 N–H and O–H groups in total. The molecule has 0 spiro atoms. The molecule has 0 bridgehead atoms. The Labute approximate surface area is 62.6 Å². The minimum atomic E-state index is 0. The van der Waals surface area contributed by atoms with Crippen LogP contribution in [-0.4, -0.2) is 23.1 Å². The first-order valence-corrected chi connectivity index (χ1v) is 0. The van der Waals surface area contributed by atoms with E-state index in [1.54, 1.807) is 0 Å². The average Bonchev–Trinajstić information content (AvgIpc) is 0. The molecule has 0 aromatic heterocycles. The number of hydrogen-bond acceptors (Lipinski definition) is 0. The topological polar surface area (TPSA) is 28.5 Å². The molecule has 1 nitrogen and oxygen atoms in total. The van der Waals surface area contributed by atoms with Crippen LogP contribution in [0, 0.1) is 0 Å². The van der Waals surface area contributed by atoms with Crippen molar-refractivity contribution >= 4 is 23.1 Å². The molecule has 1 radical (unpaired) electrons. The molecule has 0 aromatic carbocycles. The third-order valence-electron chi connectivity index (χ3n) is 0. The van der Waals surface area contributed by atoms with Crippen molar-refractivity contribution in [2.75, 3.05) is 0 Å². The van der Waals surface area contributed by atoms with Crippen LogP contribution in [0.15, 0.2) is 0 Å². The van der Waals surface area contributed by atoms with Gasteiger partial charge in [-0.1, -0.05) is 0 Å². The van der Waals surface area contributed by atoms with E-state index in [-0.39, 0.29) is 63.0 Å². The summed E-state index contributed by atoms with van der Waals surface area (Å²) in [5.41, 5.74) is 0. The van der Waals surface area contributed by atoms with Crippen molar-refractivity contribution in [3.05, 3.63) is 0 Å². The Kier molecular flexibility index (Phi) is 225. The van der Waals surface area contributed by atoms with Gasteiger partial charge in [-0.2, -0.15) is 0 Å². The van der Waals surface area contributed by atoms with E-state index in [4.69, 9.17) is 0 Å². The van der Waals surface area contributed by atoms with Crippen molar-refractivity contribution in [1.82, 2.24) is 0 Å². The van der Waals surface area contributed by atoms with Gasteiger partial charge in [0.05, 0.1) is 0 Å². The van der Waals surface area contributed by atoms with Crippen LogP contribution < -0.4 is 0 Å². The molecule has 0 atom stereocenters. The van der Waals surface area contributed by atoms with Crippen molar-refractivity contribution in [1.29, 1.82) is 0 Å². The first kappa shape index (κ1) is 41.7. The zero-order valence-electron chi connectivity index (χ0n) is 1.83. The van der Waals surface area contributed by atoms with Crippen LogP contribution in [0.1, 0.15) is 0 Å². The summed E-state index contributed by atoms with van der Waals surface area (Å²) in [6, 6.07) is 0. The molecule has 0 fully saturated rings. The molecule has 0 aliphatic rings. The van der Waals surface area contributed by atoms with Gasteiger partial charge in [0.25, 0.3) is 0 Å². The van der Waals surface area contributed by atoms with Crippen molar-refractivity contribution in [3.63, 3.8) is 0 Å². The van der Waals surface area contributed by atoms with E-state index in [1.165, 1.54) is 0 Å². The first-order valence-electron chi connectivity index (χ1n) is 0. The smallest absolute Gasteiger partial charge is 2.00 e. The number of rotatable bonds is 0. The van der Waals surface area contributed by atoms with Gasteiger partial charge in [0.1, 0.15) is 0 Å². The summed E-state index contributed by atoms with van der Waals surface area (Å²) in [4.78, 5) is 0. The van der Waals surface area contributed by atoms with Crippen LogP contribution >= 0.6 is 0 Å².